The SMILES string of the molecule is CC(=O)C(=O)OC(=O)[C@H](C)N. The van der Waals surface area contributed by atoms with Crippen LogP contribution >= 0.6 is 0 Å². The molecular weight excluding hydrogens is 150 g/mol. The molecule has 2 N–H and O–H groups in total. The predicted molar refractivity (Wildman–Crippen MR) is 35.4 cm³/mol. The first-order chi connectivity index (χ1) is 4.95. The summed E-state index contributed by atoms with van der Waals surface area (Å²) in [6.07, 6.45) is 0. The first kappa shape index (κ1) is 9.77. The lowest BCUT2D eigenvalue weighted by Gasteiger charge is -2.01. The zero-order valence-corrected chi connectivity index (χ0v) is 6.29. The molecule has 0 bridgehead atoms. The first-order valence-corrected chi connectivity index (χ1v) is 2.97. The molecule has 0 aromatic carbocycles. The summed E-state index contributed by atoms with van der Waals surface area (Å²) in [4.78, 5) is 31.2. The topological polar surface area (TPSA) is 86.5 Å². The summed E-state index contributed by atoms with van der Waals surface area (Å²) in [7, 11) is 0. The third-order valence-electron chi connectivity index (χ3n) is 0.853. The minimum Gasteiger partial charge on any atom is -0.386 e. The van der Waals surface area contributed by atoms with Crippen molar-refractivity contribution in [2.75, 3.05) is 0 Å². The number of rotatable bonds is 2. The fraction of sp³-hybridized carbons (Fsp3) is 0.500. The molecule has 5 heteroatoms. The molecule has 0 saturated carbocycles. The number of hydrogen-bond acceptors (Lipinski definition) is 5. The normalized spacial score (nSPS) is 11.9. The van der Waals surface area contributed by atoms with Crippen LogP contribution in [0, 0.1) is 0 Å². The fourth-order valence-electron chi connectivity index (χ4n) is 0.256. The minimum absolute atomic E-state index is 0.820. The van der Waals surface area contributed by atoms with E-state index in [-0.39, 0.29) is 0 Å². The summed E-state index contributed by atoms with van der Waals surface area (Å²) in [6, 6.07) is -0.890. The highest BCUT2D eigenvalue weighted by atomic mass is 16.6. The van der Waals surface area contributed by atoms with Gasteiger partial charge in [0.15, 0.2) is 0 Å². The van der Waals surface area contributed by atoms with E-state index in [0.29, 0.717) is 0 Å². The summed E-state index contributed by atoms with van der Waals surface area (Å²) in [5.41, 5.74) is 5.05. The van der Waals surface area contributed by atoms with Gasteiger partial charge in [-0.25, -0.2) is 9.59 Å². The number of esters is 2. The van der Waals surface area contributed by atoms with Crippen molar-refractivity contribution in [1.82, 2.24) is 0 Å². The van der Waals surface area contributed by atoms with Crippen LogP contribution in [0.5, 0.6) is 0 Å². The van der Waals surface area contributed by atoms with Gasteiger partial charge in [0.05, 0.1) is 0 Å². The summed E-state index contributed by atoms with van der Waals surface area (Å²) in [6.45, 7) is 2.37. The molecule has 0 amide bonds. The van der Waals surface area contributed by atoms with Gasteiger partial charge in [-0.3, -0.25) is 4.79 Å². The van der Waals surface area contributed by atoms with E-state index >= 15 is 0 Å². The van der Waals surface area contributed by atoms with Crippen LogP contribution in [0.4, 0.5) is 0 Å². The molecule has 0 rings (SSSR count). The van der Waals surface area contributed by atoms with E-state index in [0.717, 1.165) is 6.92 Å². The molecule has 0 saturated heterocycles. The Morgan fingerprint density at radius 3 is 2.09 bits per heavy atom. The molecule has 0 spiro atoms. The molecule has 0 unspecified atom stereocenters. The van der Waals surface area contributed by atoms with Gasteiger partial charge in [0.1, 0.15) is 6.04 Å². The van der Waals surface area contributed by atoms with Crippen LogP contribution in [-0.2, 0) is 19.1 Å². The van der Waals surface area contributed by atoms with Crippen LogP contribution in [0.2, 0.25) is 0 Å². The van der Waals surface area contributed by atoms with Crippen LogP contribution in [-0.4, -0.2) is 23.8 Å². The van der Waals surface area contributed by atoms with Gasteiger partial charge >= 0.3 is 11.9 Å². The Bertz CT molecular complexity index is 197. The summed E-state index contributed by atoms with van der Waals surface area (Å²) in [5.74, 6) is -2.89. The highest BCUT2D eigenvalue weighted by Gasteiger charge is 2.17. The minimum atomic E-state index is -1.17. The van der Waals surface area contributed by atoms with Gasteiger partial charge < -0.3 is 10.5 Å². The average Bonchev–Trinajstić information content (AvgIpc) is 1.87. The van der Waals surface area contributed by atoms with Crippen LogP contribution in [0.3, 0.4) is 0 Å². The molecule has 0 aliphatic rings. The summed E-state index contributed by atoms with van der Waals surface area (Å²) in [5, 5.41) is 0. The van der Waals surface area contributed by atoms with Crippen LogP contribution < -0.4 is 5.73 Å². The number of Topliss-reactive ketones (excluding diaryl/α,β-unsaturated/α-hetero) is 1. The summed E-state index contributed by atoms with van der Waals surface area (Å²) < 4.78 is 4.02. The maximum absolute atomic E-state index is 10.5. The zero-order valence-electron chi connectivity index (χ0n) is 6.29. The number of carbonyl (C=O) groups excluding carboxylic acids is 3. The third kappa shape index (κ3) is 3.47. The second kappa shape index (κ2) is 3.82. The number of carbonyl (C=O) groups is 3. The predicted octanol–water partition coefficient (Wildman–Crippen LogP) is -1.01. The molecule has 1 atom stereocenters. The van der Waals surface area contributed by atoms with Gasteiger partial charge in [0, 0.05) is 6.92 Å². The molecule has 62 valence electrons. The van der Waals surface area contributed by atoms with E-state index in [4.69, 9.17) is 5.73 Å². The van der Waals surface area contributed by atoms with Gasteiger partial charge in [-0.15, -0.1) is 0 Å². The Morgan fingerprint density at radius 1 is 1.36 bits per heavy atom. The van der Waals surface area contributed by atoms with E-state index in [1.165, 1.54) is 6.92 Å². The Kier molecular flexibility index (Phi) is 3.39. The molecule has 0 aliphatic carbocycles. The molecule has 5 nitrogen and oxygen atoms in total. The van der Waals surface area contributed by atoms with E-state index < -0.39 is 23.8 Å². The van der Waals surface area contributed by atoms with E-state index in [1.807, 2.05) is 0 Å². The average molecular weight is 159 g/mol. The van der Waals surface area contributed by atoms with Crippen LogP contribution in [0.1, 0.15) is 13.8 Å². The maximum Gasteiger partial charge on any atom is 0.381 e. The summed E-state index contributed by atoms with van der Waals surface area (Å²) >= 11 is 0. The Hall–Kier alpha value is -1.23. The van der Waals surface area contributed by atoms with E-state index in [9.17, 15) is 14.4 Å². The second-order valence-corrected chi connectivity index (χ2v) is 2.05. The van der Waals surface area contributed by atoms with Crippen LogP contribution in [0.15, 0.2) is 0 Å². The number of ether oxygens (including phenoxy) is 1. The van der Waals surface area contributed by atoms with Crippen molar-refractivity contribution in [3.05, 3.63) is 0 Å². The quantitative estimate of drug-likeness (QED) is 0.317. The molecule has 0 fully saturated rings. The Morgan fingerprint density at radius 2 is 1.82 bits per heavy atom. The largest absolute Gasteiger partial charge is 0.386 e. The van der Waals surface area contributed by atoms with Gasteiger partial charge in [-0.2, -0.15) is 0 Å². The van der Waals surface area contributed by atoms with E-state index in [2.05, 4.69) is 4.74 Å². The first-order valence-electron chi connectivity index (χ1n) is 2.97. The van der Waals surface area contributed by atoms with Crippen molar-refractivity contribution < 1.29 is 19.1 Å². The van der Waals surface area contributed by atoms with E-state index in [1.54, 1.807) is 0 Å². The highest BCUT2D eigenvalue weighted by molar-refractivity contribution is 6.34. The van der Waals surface area contributed by atoms with Crippen molar-refractivity contribution in [1.29, 1.82) is 0 Å². The third-order valence-corrected chi connectivity index (χ3v) is 0.853. The van der Waals surface area contributed by atoms with Crippen molar-refractivity contribution in [2.45, 2.75) is 19.9 Å². The van der Waals surface area contributed by atoms with Crippen molar-refractivity contribution >= 4 is 17.7 Å². The molecule has 0 aromatic rings. The smallest absolute Gasteiger partial charge is 0.381 e. The fourth-order valence-corrected chi connectivity index (χ4v) is 0.256. The van der Waals surface area contributed by atoms with Crippen molar-refractivity contribution in [2.24, 2.45) is 5.73 Å². The van der Waals surface area contributed by atoms with Gasteiger partial charge in [0.2, 0.25) is 5.78 Å². The molecule has 11 heavy (non-hydrogen) atoms. The lowest BCUT2D eigenvalue weighted by Crippen LogP contribution is -2.32. The van der Waals surface area contributed by atoms with Crippen molar-refractivity contribution in [3.8, 4) is 0 Å². The molecule has 0 radical (unpaired) electrons. The molecule has 0 aliphatic heterocycles. The van der Waals surface area contributed by atoms with Crippen LogP contribution in [0.25, 0.3) is 0 Å². The number of ketones is 1. The van der Waals surface area contributed by atoms with Gasteiger partial charge in [-0.1, -0.05) is 0 Å². The second-order valence-electron chi connectivity index (χ2n) is 2.05. The zero-order chi connectivity index (χ0) is 9.02. The van der Waals surface area contributed by atoms with Gasteiger partial charge in [-0.05, 0) is 6.92 Å². The number of hydrogen-bond donors (Lipinski definition) is 1. The lowest BCUT2D eigenvalue weighted by molar-refractivity contribution is -0.164. The molecule has 0 aromatic heterocycles. The molecule has 0 heterocycles. The monoisotopic (exact) mass is 159 g/mol. The highest BCUT2D eigenvalue weighted by Crippen LogP contribution is 1.86. The Labute approximate surface area is 63.5 Å². The molecular formula is C6H9NO4. The number of nitrogens with two attached hydrogens (primary N) is 1. The van der Waals surface area contributed by atoms with Gasteiger partial charge in [0.25, 0.3) is 0 Å². The maximum atomic E-state index is 10.5. The Balaban J connectivity index is 3.96. The van der Waals surface area contributed by atoms with Crippen molar-refractivity contribution in [3.63, 3.8) is 0 Å². The lowest BCUT2D eigenvalue weighted by atomic mass is 10.4. The standard InChI is InChI=1S/C6H9NO4/c1-3(7)5(9)11-6(10)4(2)8/h3H,7H2,1-2H3/t3-/m0/s1.